The number of halogens is 1. The second-order valence-corrected chi connectivity index (χ2v) is 6.47. The first-order valence-corrected chi connectivity index (χ1v) is 7.38. The molecule has 1 amide bonds. The number of carbonyl (C=O) groups excluding carboxylic acids is 1. The Morgan fingerprint density at radius 3 is 2.45 bits per heavy atom. The molecule has 0 saturated carbocycles. The van der Waals surface area contributed by atoms with E-state index in [1.54, 1.807) is 25.1 Å². The molecule has 1 aromatic rings. The van der Waals surface area contributed by atoms with Crippen molar-refractivity contribution < 1.29 is 4.79 Å². The number of pyridine rings is 1. The average Bonchev–Trinajstić information content (AvgIpc) is 2.35. The molecule has 2 unspecified atom stereocenters. The van der Waals surface area contributed by atoms with Crippen molar-refractivity contribution in [2.24, 2.45) is 11.8 Å². The van der Waals surface area contributed by atoms with Gasteiger partial charge in [0.25, 0.3) is 5.91 Å². The van der Waals surface area contributed by atoms with Gasteiger partial charge in [-0.05, 0) is 30.4 Å². The van der Waals surface area contributed by atoms with Crippen LogP contribution in [-0.2, 0) is 0 Å². The minimum Gasteiger partial charge on any atom is -0.356 e. The standard InChI is InChI=1S/C15H22ClN3O/c1-10-5-11(2)9-19(8-10)14-7-12(6-13(16)17-14)15(20)18(3)4/h6-7,10-11H,5,8-9H2,1-4H3. The van der Waals surface area contributed by atoms with Gasteiger partial charge in [0.05, 0.1) is 0 Å². The van der Waals surface area contributed by atoms with Crippen LogP contribution in [0.15, 0.2) is 12.1 Å². The first-order valence-electron chi connectivity index (χ1n) is 7.01. The lowest BCUT2D eigenvalue weighted by atomic mass is 9.92. The molecule has 1 aromatic heterocycles. The van der Waals surface area contributed by atoms with Crippen molar-refractivity contribution >= 4 is 23.3 Å². The number of rotatable bonds is 2. The molecular weight excluding hydrogens is 274 g/mol. The van der Waals surface area contributed by atoms with Crippen LogP contribution in [-0.4, -0.2) is 43.0 Å². The third-order valence-corrected chi connectivity index (χ3v) is 3.82. The van der Waals surface area contributed by atoms with E-state index < -0.39 is 0 Å². The van der Waals surface area contributed by atoms with E-state index in [9.17, 15) is 4.79 Å². The Balaban J connectivity index is 2.30. The maximum atomic E-state index is 12.1. The van der Waals surface area contributed by atoms with Crippen molar-refractivity contribution in [2.75, 3.05) is 32.1 Å². The quantitative estimate of drug-likeness (QED) is 0.787. The van der Waals surface area contributed by atoms with Gasteiger partial charge in [-0.15, -0.1) is 0 Å². The van der Waals surface area contributed by atoms with Crippen molar-refractivity contribution in [3.05, 3.63) is 22.8 Å². The Bertz CT molecular complexity index is 494. The lowest BCUT2D eigenvalue weighted by Crippen LogP contribution is -2.39. The minimum atomic E-state index is -0.0475. The zero-order valence-corrected chi connectivity index (χ0v) is 13.3. The summed E-state index contributed by atoms with van der Waals surface area (Å²) in [4.78, 5) is 20.3. The lowest BCUT2D eigenvalue weighted by Gasteiger charge is -2.36. The highest BCUT2D eigenvalue weighted by Gasteiger charge is 2.24. The summed E-state index contributed by atoms with van der Waals surface area (Å²) in [6.07, 6.45) is 1.24. The molecule has 0 aromatic carbocycles. The van der Waals surface area contributed by atoms with Gasteiger partial charge in [-0.1, -0.05) is 25.4 Å². The Morgan fingerprint density at radius 1 is 1.30 bits per heavy atom. The van der Waals surface area contributed by atoms with Crippen LogP contribution in [0.1, 0.15) is 30.6 Å². The van der Waals surface area contributed by atoms with E-state index in [1.807, 2.05) is 6.07 Å². The molecule has 1 aliphatic rings. The van der Waals surface area contributed by atoms with Crippen LogP contribution in [0.2, 0.25) is 5.15 Å². The van der Waals surface area contributed by atoms with Crippen LogP contribution in [0.25, 0.3) is 0 Å². The van der Waals surface area contributed by atoms with E-state index >= 15 is 0 Å². The zero-order valence-electron chi connectivity index (χ0n) is 12.6. The fourth-order valence-corrected chi connectivity index (χ4v) is 3.08. The Labute approximate surface area is 125 Å². The SMILES string of the molecule is CC1CC(C)CN(c2cc(C(=O)N(C)C)cc(Cl)n2)C1. The van der Waals surface area contributed by atoms with Crippen LogP contribution in [0.3, 0.4) is 0 Å². The molecule has 2 heterocycles. The van der Waals surface area contributed by atoms with Crippen LogP contribution in [0.4, 0.5) is 5.82 Å². The average molecular weight is 296 g/mol. The summed E-state index contributed by atoms with van der Waals surface area (Å²) in [6, 6.07) is 3.48. The fraction of sp³-hybridized carbons (Fsp3) is 0.600. The summed E-state index contributed by atoms with van der Waals surface area (Å²) in [7, 11) is 3.47. The largest absolute Gasteiger partial charge is 0.356 e. The number of amides is 1. The van der Waals surface area contributed by atoms with E-state index in [0.29, 0.717) is 22.6 Å². The Morgan fingerprint density at radius 2 is 1.90 bits per heavy atom. The number of piperidine rings is 1. The topological polar surface area (TPSA) is 36.4 Å². The first-order chi connectivity index (χ1) is 9.36. The van der Waals surface area contributed by atoms with Crippen LogP contribution in [0, 0.1) is 11.8 Å². The molecule has 2 rings (SSSR count). The van der Waals surface area contributed by atoms with Gasteiger partial charge in [-0.25, -0.2) is 4.98 Å². The van der Waals surface area contributed by atoms with E-state index in [0.717, 1.165) is 18.9 Å². The highest BCUT2D eigenvalue weighted by Crippen LogP contribution is 2.27. The molecule has 5 heteroatoms. The van der Waals surface area contributed by atoms with Crippen LogP contribution < -0.4 is 4.90 Å². The molecule has 0 spiro atoms. The second-order valence-electron chi connectivity index (χ2n) is 6.09. The summed E-state index contributed by atoms with van der Waals surface area (Å²) in [5.41, 5.74) is 0.593. The molecule has 0 aliphatic carbocycles. The number of hydrogen-bond donors (Lipinski definition) is 0. The zero-order chi connectivity index (χ0) is 14.9. The predicted octanol–water partition coefficient (Wildman–Crippen LogP) is 2.92. The molecule has 2 atom stereocenters. The predicted molar refractivity (Wildman–Crippen MR) is 82.4 cm³/mol. The van der Waals surface area contributed by atoms with Crippen molar-refractivity contribution in [2.45, 2.75) is 20.3 Å². The van der Waals surface area contributed by atoms with Gasteiger partial charge in [0.2, 0.25) is 0 Å². The van der Waals surface area contributed by atoms with E-state index in [2.05, 4.69) is 23.7 Å². The van der Waals surface area contributed by atoms with E-state index in [-0.39, 0.29) is 5.91 Å². The minimum absolute atomic E-state index is 0.0475. The summed E-state index contributed by atoms with van der Waals surface area (Å²) >= 11 is 6.08. The summed E-state index contributed by atoms with van der Waals surface area (Å²) in [5, 5.41) is 0.374. The number of carbonyl (C=O) groups is 1. The van der Waals surface area contributed by atoms with Gasteiger partial charge in [0.1, 0.15) is 11.0 Å². The summed E-state index contributed by atoms with van der Waals surface area (Å²) in [6.45, 7) is 6.43. The van der Waals surface area contributed by atoms with Gasteiger partial charge < -0.3 is 9.80 Å². The van der Waals surface area contributed by atoms with Crippen molar-refractivity contribution in [1.82, 2.24) is 9.88 Å². The van der Waals surface area contributed by atoms with E-state index in [1.165, 1.54) is 6.42 Å². The Kier molecular flexibility index (Phi) is 4.53. The molecule has 4 nitrogen and oxygen atoms in total. The molecule has 110 valence electrons. The number of aromatic nitrogens is 1. The molecule has 0 radical (unpaired) electrons. The third-order valence-electron chi connectivity index (χ3n) is 3.63. The normalized spacial score (nSPS) is 22.8. The molecule has 20 heavy (non-hydrogen) atoms. The maximum Gasteiger partial charge on any atom is 0.253 e. The molecule has 1 saturated heterocycles. The van der Waals surface area contributed by atoms with Gasteiger partial charge >= 0.3 is 0 Å². The van der Waals surface area contributed by atoms with Crippen molar-refractivity contribution in [3.63, 3.8) is 0 Å². The fourth-order valence-electron chi connectivity index (χ4n) is 2.88. The second kappa shape index (κ2) is 6.00. The van der Waals surface area contributed by atoms with Crippen molar-refractivity contribution in [3.8, 4) is 0 Å². The number of anilines is 1. The van der Waals surface area contributed by atoms with E-state index in [4.69, 9.17) is 11.6 Å². The molecule has 1 aliphatic heterocycles. The molecular formula is C15H22ClN3O. The van der Waals surface area contributed by atoms with Gasteiger partial charge in [-0.2, -0.15) is 0 Å². The van der Waals surface area contributed by atoms with Crippen molar-refractivity contribution in [1.29, 1.82) is 0 Å². The molecule has 0 bridgehead atoms. The number of hydrogen-bond acceptors (Lipinski definition) is 3. The molecule has 1 fully saturated rings. The van der Waals surface area contributed by atoms with Gasteiger partial charge in [-0.3, -0.25) is 4.79 Å². The smallest absolute Gasteiger partial charge is 0.253 e. The Hall–Kier alpha value is -1.29. The summed E-state index contributed by atoms with van der Waals surface area (Å²) < 4.78 is 0. The van der Waals surface area contributed by atoms with Crippen LogP contribution >= 0.6 is 11.6 Å². The highest BCUT2D eigenvalue weighted by molar-refractivity contribution is 6.29. The highest BCUT2D eigenvalue weighted by atomic mass is 35.5. The molecule has 0 N–H and O–H groups in total. The summed E-state index contributed by atoms with van der Waals surface area (Å²) in [5.74, 6) is 2.02. The maximum absolute atomic E-state index is 12.1. The van der Waals surface area contributed by atoms with Crippen LogP contribution in [0.5, 0.6) is 0 Å². The number of nitrogens with zero attached hydrogens (tertiary/aromatic N) is 3. The van der Waals surface area contributed by atoms with Gasteiger partial charge in [0, 0.05) is 32.7 Å². The lowest BCUT2D eigenvalue weighted by molar-refractivity contribution is 0.0827. The first kappa shape index (κ1) is 15.1. The van der Waals surface area contributed by atoms with Gasteiger partial charge in [0.15, 0.2) is 0 Å². The monoisotopic (exact) mass is 295 g/mol. The third kappa shape index (κ3) is 3.42.